The third-order valence-corrected chi connectivity index (χ3v) is 5.22. The molecule has 0 atom stereocenters. The van der Waals surface area contributed by atoms with Gasteiger partial charge in [-0.1, -0.05) is 26.8 Å². The molecule has 0 fully saturated rings. The maximum atomic E-state index is 13.8. The largest absolute Gasteiger partial charge is 0.490 e. The minimum atomic E-state index is -4.69. The number of nitrogens with zero attached hydrogens (tertiary/aromatic N) is 2. The fourth-order valence-corrected chi connectivity index (χ4v) is 3.34. The minimum absolute atomic E-state index is 0.0264. The lowest BCUT2D eigenvalue weighted by Gasteiger charge is -2.15. The van der Waals surface area contributed by atoms with E-state index in [-0.39, 0.29) is 41.1 Å². The molecule has 0 spiro atoms. The number of ether oxygens (including phenoxy) is 2. The van der Waals surface area contributed by atoms with Crippen LogP contribution in [0.5, 0.6) is 5.75 Å². The second kappa shape index (κ2) is 12.5. The molecule has 0 unspecified atom stereocenters. The van der Waals surface area contributed by atoms with Gasteiger partial charge >= 0.3 is 6.18 Å². The summed E-state index contributed by atoms with van der Waals surface area (Å²) in [4.78, 5) is 35.2. The number of pyridine rings is 1. The van der Waals surface area contributed by atoms with E-state index >= 15 is 0 Å². The van der Waals surface area contributed by atoms with E-state index in [1.54, 1.807) is 26.0 Å². The van der Waals surface area contributed by atoms with E-state index in [4.69, 9.17) is 9.47 Å². The summed E-state index contributed by atoms with van der Waals surface area (Å²) in [5, 5.41) is 2.67. The van der Waals surface area contributed by atoms with Crippen molar-refractivity contribution in [2.45, 2.75) is 39.9 Å². The number of rotatable bonds is 11. The van der Waals surface area contributed by atoms with Crippen LogP contribution >= 0.6 is 0 Å². The zero-order chi connectivity index (χ0) is 27.0. The smallest absolute Gasteiger partial charge is 0.417 e. The highest BCUT2D eigenvalue weighted by Gasteiger charge is 2.34. The Kier molecular flexibility index (Phi) is 9.40. The highest BCUT2D eigenvalue weighted by Crippen LogP contribution is 2.36. The molecule has 2 aromatic heterocycles. The van der Waals surface area contributed by atoms with E-state index < -0.39 is 17.3 Å². The van der Waals surface area contributed by atoms with Crippen molar-refractivity contribution in [1.82, 2.24) is 20.3 Å². The number of alkyl halides is 3. The van der Waals surface area contributed by atoms with Gasteiger partial charge in [-0.15, -0.1) is 0 Å². The van der Waals surface area contributed by atoms with Crippen LogP contribution in [-0.4, -0.2) is 40.7 Å². The maximum Gasteiger partial charge on any atom is 0.417 e. The molecule has 0 saturated heterocycles. The number of hydrogen-bond acceptors (Lipinski definition) is 6. The summed E-state index contributed by atoms with van der Waals surface area (Å²) in [6, 6.07) is 7.80. The molecule has 1 amide bonds. The van der Waals surface area contributed by atoms with Gasteiger partial charge in [-0.2, -0.15) is 13.2 Å². The van der Waals surface area contributed by atoms with Gasteiger partial charge in [0.15, 0.2) is 0 Å². The van der Waals surface area contributed by atoms with E-state index in [9.17, 15) is 22.8 Å². The number of hydrogen-bond donors (Lipinski definition) is 2. The first-order valence-electron chi connectivity index (χ1n) is 11.8. The number of carbonyl (C=O) groups is 1. The summed E-state index contributed by atoms with van der Waals surface area (Å²) in [5.74, 6) is -0.296. The van der Waals surface area contributed by atoms with Crippen LogP contribution in [-0.2, 0) is 22.3 Å². The molecule has 2 N–H and O–H groups in total. The second-order valence-corrected chi connectivity index (χ2v) is 8.57. The normalized spacial score (nSPS) is 11.5. The van der Waals surface area contributed by atoms with Crippen molar-refractivity contribution in [3.05, 3.63) is 64.1 Å². The Labute approximate surface area is 212 Å². The summed E-state index contributed by atoms with van der Waals surface area (Å²) in [6.45, 7) is 6.86. The fourth-order valence-electron chi connectivity index (χ4n) is 3.34. The van der Waals surface area contributed by atoms with Gasteiger partial charge in [0.1, 0.15) is 18.2 Å². The van der Waals surface area contributed by atoms with Crippen LogP contribution in [0.25, 0.3) is 22.8 Å². The molecule has 0 radical (unpaired) electrons. The Bertz CT molecular complexity index is 1260. The SMILES string of the molecule is CCCOCCOc1ccc(-c2cc(=O)[nH]c(-c3cc(CNC(=O)C(C)C)ccc3C(F)(F)F)n2)nc1. The van der Waals surface area contributed by atoms with E-state index in [0.29, 0.717) is 31.1 Å². The third-order valence-electron chi connectivity index (χ3n) is 5.22. The summed E-state index contributed by atoms with van der Waals surface area (Å²) >= 11 is 0. The summed E-state index contributed by atoms with van der Waals surface area (Å²) in [7, 11) is 0. The number of nitrogens with one attached hydrogen (secondary N) is 2. The molecule has 0 aliphatic carbocycles. The molecule has 3 aromatic rings. The van der Waals surface area contributed by atoms with Crippen molar-refractivity contribution in [3.8, 4) is 28.5 Å². The first kappa shape index (κ1) is 27.9. The van der Waals surface area contributed by atoms with E-state index in [2.05, 4.69) is 20.3 Å². The molecular formula is C26H29F3N4O4. The summed E-state index contributed by atoms with van der Waals surface area (Å²) in [6.07, 6.45) is -2.34. The van der Waals surface area contributed by atoms with Crippen molar-refractivity contribution in [2.75, 3.05) is 19.8 Å². The van der Waals surface area contributed by atoms with Gasteiger partial charge in [0, 0.05) is 30.7 Å². The van der Waals surface area contributed by atoms with Crippen molar-refractivity contribution < 1.29 is 27.4 Å². The van der Waals surface area contributed by atoms with Crippen LogP contribution < -0.4 is 15.6 Å². The molecule has 2 heterocycles. The average molecular weight is 519 g/mol. The molecule has 0 aliphatic rings. The standard InChI is InChI=1S/C26H29F3N4O4/c1-4-9-36-10-11-37-18-6-8-21(30-15-18)22-13-23(34)33-24(32-22)19-12-17(14-31-25(35)16(2)3)5-7-20(19)26(27,28)29/h5-8,12-13,15-16H,4,9-11,14H2,1-3H3,(H,31,35)(H,32,33,34). The molecule has 11 heteroatoms. The lowest BCUT2D eigenvalue weighted by molar-refractivity contribution is -0.137. The average Bonchev–Trinajstić information content (AvgIpc) is 2.86. The molecular weight excluding hydrogens is 489 g/mol. The summed E-state index contributed by atoms with van der Waals surface area (Å²) in [5.41, 5.74) is -1.10. The molecule has 0 bridgehead atoms. The number of aromatic nitrogens is 3. The van der Waals surface area contributed by atoms with Gasteiger partial charge in [0.25, 0.3) is 5.56 Å². The molecule has 37 heavy (non-hydrogen) atoms. The minimum Gasteiger partial charge on any atom is -0.490 e. The number of amides is 1. The predicted octanol–water partition coefficient (Wildman–Crippen LogP) is 4.60. The van der Waals surface area contributed by atoms with Crippen LogP contribution in [0.4, 0.5) is 13.2 Å². The highest BCUT2D eigenvalue weighted by atomic mass is 19.4. The zero-order valence-corrected chi connectivity index (χ0v) is 20.8. The van der Waals surface area contributed by atoms with E-state index in [1.807, 2.05) is 6.92 Å². The van der Waals surface area contributed by atoms with Gasteiger partial charge in [-0.25, -0.2) is 4.98 Å². The van der Waals surface area contributed by atoms with Crippen molar-refractivity contribution in [1.29, 1.82) is 0 Å². The highest BCUT2D eigenvalue weighted by molar-refractivity contribution is 5.77. The number of aromatic amines is 1. The fraction of sp³-hybridized carbons (Fsp3) is 0.385. The number of benzene rings is 1. The number of halogens is 3. The lowest BCUT2D eigenvalue weighted by atomic mass is 10.0. The van der Waals surface area contributed by atoms with Crippen LogP contribution in [0.1, 0.15) is 38.3 Å². The Balaban J connectivity index is 1.90. The van der Waals surface area contributed by atoms with Crippen molar-refractivity contribution in [3.63, 3.8) is 0 Å². The Hall–Kier alpha value is -3.73. The van der Waals surface area contributed by atoms with Crippen LogP contribution in [0.3, 0.4) is 0 Å². The van der Waals surface area contributed by atoms with E-state index in [0.717, 1.165) is 18.6 Å². The van der Waals surface area contributed by atoms with Crippen LogP contribution in [0, 0.1) is 5.92 Å². The molecule has 0 saturated carbocycles. The van der Waals surface area contributed by atoms with E-state index in [1.165, 1.54) is 18.3 Å². The first-order valence-corrected chi connectivity index (χ1v) is 11.8. The predicted molar refractivity (Wildman–Crippen MR) is 132 cm³/mol. The molecule has 3 rings (SSSR count). The van der Waals surface area contributed by atoms with Crippen molar-refractivity contribution in [2.24, 2.45) is 5.92 Å². The number of carbonyl (C=O) groups excluding carboxylic acids is 1. The first-order chi connectivity index (χ1) is 17.6. The van der Waals surface area contributed by atoms with Crippen LogP contribution in [0.2, 0.25) is 0 Å². The van der Waals surface area contributed by atoms with Crippen LogP contribution in [0.15, 0.2) is 47.4 Å². The van der Waals surface area contributed by atoms with Gasteiger partial charge in [0.05, 0.1) is 29.8 Å². The Morgan fingerprint density at radius 1 is 1.08 bits per heavy atom. The van der Waals surface area contributed by atoms with Gasteiger partial charge in [0.2, 0.25) is 5.91 Å². The lowest BCUT2D eigenvalue weighted by Crippen LogP contribution is -2.27. The third kappa shape index (κ3) is 7.88. The topological polar surface area (TPSA) is 106 Å². The Morgan fingerprint density at radius 2 is 1.86 bits per heavy atom. The Morgan fingerprint density at radius 3 is 2.51 bits per heavy atom. The van der Waals surface area contributed by atoms with Gasteiger partial charge in [-0.05, 0) is 36.2 Å². The quantitative estimate of drug-likeness (QED) is 0.360. The molecule has 8 nitrogen and oxygen atoms in total. The molecule has 0 aliphatic heterocycles. The second-order valence-electron chi connectivity index (χ2n) is 8.57. The molecule has 1 aromatic carbocycles. The monoisotopic (exact) mass is 518 g/mol. The van der Waals surface area contributed by atoms with Crippen molar-refractivity contribution >= 4 is 5.91 Å². The zero-order valence-electron chi connectivity index (χ0n) is 20.8. The summed E-state index contributed by atoms with van der Waals surface area (Å²) < 4.78 is 52.3. The van der Waals surface area contributed by atoms with Gasteiger partial charge in [-0.3, -0.25) is 14.6 Å². The maximum absolute atomic E-state index is 13.8. The molecule has 198 valence electrons. The van der Waals surface area contributed by atoms with Gasteiger partial charge < -0.3 is 19.8 Å². The number of H-pyrrole nitrogens is 1.